The largest absolute Gasteiger partial charge is 0.352 e. The fourth-order valence-corrected chi connectivity index (χ4v) is 3.08. The number of hydrogen-bond acceptors (Lipinski definition) is 3. The summed E-state index contributed by atoms with van der Waals surface area (Å²) in [6.07, 6.45) is 0.754. The molecule has 1 aliphatic rings. The van der Waals surface area contributed by atoms with Gasteiger partial charge < -0.3 is 10.6 Å². The van der Waals surface area contributed by atoms with Gasteiger partial charge in [0.15, 0.2) is 0 Å². The van der Waals surface area contributed by atoms with Gasteiger partial charge in [0.1, 0.15) is 12.1 Å². The Morgan fingerprint density at radius 2 is 2.04 bits per heavy atom. The molecule has 2 rings (SSSR count). The van der Waals surface area contributed by atoms with Crippen molar-refractivity contribution in [2.45, 2.75) is 38.8 Å². The molecule has 1 aromatic rings. The minimum absolute atomic E-state index is 0.0321. The van der Waals surface area contributed by atoms with Gasteiger partial charge in [-0.15, -0.1) is 0 Å². The molecule has 2 atom stereocenters. The van der Waals surface area contributed by atoms with E-state index in [4.69, 9.17) is 23.2 Å². The zero-order valence-electron chi connectivity index (χ0n) is 13.7. The average Bonchev–Trinajstić information content (AvgIpc) is 2.71. The van der Waals surface area contributed by atoms with Gasteiger partial charge in [-0.1, -0.05) is 36.2 Å². The molecule has 1 heterocycles. The Labute approximate surface area is 150 Å². The molecule has 0 saturated carbocycles. The molecule has 8 heteroatoms. The lowest BCUT2D eigenvalue weighted by Crippen LogP contribution is -2.44. The summed E-state index contributed by atoms with van der Waals surface area (Å²) < 4.78 is 0. The van der Waals surface area contributed by atoms with Crippen molar-refractivity contribution in [1.82, 2.24) is 15.5 Å². The zero-order chi connectivity index (χ0) is 18.1. The monoisotopic (exact) mass is 371 g/mol. The highest BCUT2D eigenvalue weighted by Gasteiger charge is 2.50. The van der Waals surface area contributed by atoms with E-state index in [-0.39, 0.29) is 23.5 Å². The van der Waals surface area contributed by atoms with E-state index in [0.29, 0.717) is 10.6 Å². The van der Waals surface area contributed by atoms with Gasteiger partial charge in [-0.05, 0) is 32.4 Å². The van der Waals surface area contributed by atoms with E-state index in [1.165, 1.54) is 6.07 Å². The van der Waals surface area contributed by atoms with Gasteiger partial charge in [0.2, 0.25) is 5.91 Å². The number of carbonyl (C=O) groups is 3. The van der Waals surface area contributed by atoms with Crippen LogP contribution in [0.4, 0.5) is 4.79 Å². The Bertz CT molecular complexity index is 695. The number of amides is 4. The number of hydrogen-bond donors (Lipinski definition) is 2. The molecule has 24 heavy (non-hydrogen) atoms. The SMILES string of the molecule is CC[C@H](C)NC(=O)CN1C(=O)N[C@](C)(c2ccc(Cl)cc2Cl)C1=O. The van der Waals surface area contributed by atoms with Crippen LogP contribution in [-0.2, 0) is 15.1 Å². The lowest BCUT2D eigenvalue weighted by Gasteiger charge is -2.23. The molecule has 0 aromatic heterocycles. The van der Waals surface area contributed by atoms with Crippen LogP contribution in [0.5, 0.6) is 0 Å². The molecule has 0 radical (unpaired) electrons. The number of urea groups is 1. The van der Waals surface area contributed by atoms with Gasteiger partial charge >= 0.3 is 6.03 Å². The Morgan fingerprint density at radius 1 is 1.38 bits per heavy atom. The topological polar surface area (TPSA) is 78.5 Å². The van der Waals surface area contributed by atoms with E-state index in [9.17, 15) is 14.4 Å². The van der Waals surface area contributed by atoms with Crippen LogP contribution in [-0.4, -0.2) is 35.3 Å². The van der Waals surface area contributed by atoms with Gasteiger partial charge in [-0.2, -0.15) is 0 Å². The second-order valence-corrected chi connectivity index (χ2v) is 6.79. The normalized spacial score (nSPS) is 21.6. The van der Waals surface area contributed by atoms with E-state index in [1.807, 2.05) is 13.8 Å². The first-order valence-corrected chi connectivity index (χ1v) is 8.33. The van der Waals surface area contributed by atoms with Crippen molar-refractivity contribution < 1.29 is 14.4 Å². The summed E-state index contributed by atoms with van der Waals surface area (Å²) in [5.74, 6) is -0.921. The van der Waals surface area contributed by atoms with E-state index < -0.39 is 17.5 Å². The summed E-state index contributed by atoms with van der Waals surface area (Å²) in [5, 5.41) is 6.03. The zero-order valence-corrected chi connectivity index (χ0v) is 15.2. The second-order valence-electron chi connectivity index (χ2n) is 5.95. The fourth-order valence-electron chi connectivity index (χ4n) is 2.48. The number of imide groups is 1. The van der Waals surface area contributed by atoms with Crippen LogP contribution in [0.2, 0.25) is 10.0 Å². The van der Waals surface area contributed by atoms with Crippen molar-refractivity contribution in [3.05, 3.63) is 33.8 Å². The quantitative estimate of drug-likeness (QED) is 0.780. The van der Waals surface area contributed by atoms with Crippen molar-refractivity contribution in [2.24, 2.45) is 0 Å². The molecule has 130 valence electrons. The highest BCUT2D eigenvalue weighted by Crippen LogP contribution is 2.34. The predicted octanol–water partition coefficient (Wildman–Crippen LogP) is 2.68. The summed E-state index contributed by atoms with van der Waals surface area (Å²) in [7, 11) is 0. The molecule has 1 aromatic carbocycles. The lowest BCUT2D eigenvalue weighted by atomic mass is 9.92. The molecule has 0 bridgehead atoms. The summed E-state index contributed by atoms with van der Waals surface area (Å²) >= 11 is 12.0. The van der Waals surface area contributed by atoms with E-state index in [1.54, 1.807) is 19.1 Å². The van der Waals surface area contributed by atoms with Crippen molar-refractivity contribution in [3.63, 3.8) is 0 Å². The van der Waals surface area contributed by atoms with E-state index >= 15 is 0 Å². The average molecular weight is 372 g/mol. The molecule has 0 aliphatic carbocycles. The Kier molecular flexibility index (Phi) is 5.40. The van der Waals surface area contributed by atoms with Crippen molar-refractivity contribution in [1.29, 1.82) is 0 Å². The third-order valence-corrected chi connectivity index (χ3v) is 4.61. The van der Waals surface area contributed by atoms with Crippen LogP contribution in [0.25, 0.3) is 0 Å². The molecule has 0 spiro atoms. The van der Waals surface area contributed by atoms with Crippen LogP contribution in [0.15, 0.2) is 18.2 Å². The number of carbonyl (C=O) groups excluding carboxylic acids is 3. The highest BCUT2D eigenvalue weighted by molar-refractivity contribution is 6.35. The van der Waals surface area contributed by atoms with Crippen LogP contribution in [0.3, 0.4) is 0 Å². The molecule has 4 amide bonds. The summed E-state index contributed by atoms with van der Waals surface area (Å²) in [6, 6.07) is 4.02. The Balaban J connectivity index is 2.23. The standard InChI is InChI=1S/C16H19Cl2N3O3/c1-4-9(2)19-13(22)8-21-14(23)16(3,20-15(21)24)11-6-5-10(17)7-12(11)18/h5-7,9H,4,8H2,1-3H3,(H,19,22)(H,20,24)/t9-,16+/m0/s1. The molecule has 2 N–H and O–H groups in total. The number of halogens is 2. The fraction of sp³-hybridized carbons (Fsp3) is 0.438. The molecule has 0 unspecified atom stereocenters. The number of benzene rings is 1. The number of nitrogens with zero attached hydrogens (tertiary/aromatic N) is 1. The maximum Gasteiger partial charge on any atom is 0.325 e. The van der Waals surface area contributed by atoms with Crippen LogP contribution >= 0.6 is 23.2 Å². The minimum Gasteiger partial charge on any atom is -0.352 e. The van der Waals surface area contributed by atoms with Crippen molar-refractivity contribution in [2.75, 3.05) is 6.54 Å². The van der Waals surface area contributed by atoms with Crippen LogP contribution in [0, 0.1) is 0 Å². The number of nitrogens with one attached hydrogen (secondary N) is 2. The van der Waals surface area contributed by atoms with Crippen LogP contribution < -0.4 is 10.6 Å². The van der Waals surface area contributed by atoms with Crippen molar-refractivity contribution >= 4 is 41.0 Å². The Hall–Kier alpha value is -1.79. The van der Waals surface area contributed by atoms with E-state index in [0.717, 1.165) is 11.3 Å². The third-order valence-electron chi connectivity index (χ3n) is 4.07. The first-order chi connectivity index (χ1) is 11.2. The number of rotatable bonds is 5. The summed E-state index contributed by atoms with van der Waals surface area (Å²) in [5.41, 5.74) is -0.910. The summed E-state index contributed by atoms with van der Waals surface area (Å²) in [6.45, 7) is 4.99. The first-order valence-electron chi connectivity index (χ1n) is 7.58. The summed E-state index contributed by atoms with van der Waals surface area (Å²) in [4.78, 5) is 37.8. The van der Waals surface area contributed by atoms with Gasteiger partial charge in [-0.3, -0.25) is 14.5 Å². The smallest absolute Gasteiger partial charge is 0.325 e. The van der Waals surface area contributed by atoms with Gasteiger partial charge in [-0.25, -0.2) is 4.79 Å². The molecular weight excluding hydrogens is 353 g/mol. The second kappa shape index (κ2) is 6.99. The molecule has 1 fully saturated rings. The van der Waals surface area contributed by atoms with E-state index in [2.05, 4.69) is 10.6 Å². The van der Waals surface area contributed by atoms with Gasteiger partial charge in [0, 0.05) is 21.7 Å². The first kappa shape index (κ1) is 18.5. The molecule has 6 nitrogen and oxygen atoms in total. The predicted molar refractivity (Wildman–Crippen MR) is 92.0 cm³/mol. The maximum absolute atomic E-state index is 12.7. The van der Waals surface area contributed by atoms with Crippen LogP contribution in [0.1, 0.15) is 32.8 Å². The minimum atomic E-state index is -1.34. The van der Waals surface area contributed by atoms with Gasteiger partial charge in [0.25, 0.3) is 5.91 Å². The maximum atomic E-state index is 12.7. The Morgan fingerprint density at radius 3 is 2.62 bits per heavy atom. The highest BCUT2D eigenvalue weighted by atomic mass is 35.5. The third kappa shape index (κ3) is 3.49. The van der Waals surface area contributed by atoms with Crippen molar-refractivity contribution in [3.8, 4) is 0 Å². The molecule has 1 aliphatic heterocycles. The van der Waals surface area contributed by atoms with Gasteiger partial charge in [0.05, 0.1) is 0 Å². The lowest BCUT2D eigenvalue weighted by molar-refractivity contribution is -0.135. The molecular formula is C16H19Cl2N3O3. The molecule has 1 saturated heterocycles.